The molecule has 0 saturated heterocycles. The lowest BCUT2D eigenvalue weighted by atomic mass is 10.1. The summed E-state index contributed by atoms with van der Waals surface area (Å²) in [6, 6.07) is 16.8. The molecular weight excluding hydrogens is 368 g/mol. The van der Waals surface area contributed by atoms with Gasteiger partial charge in [0, 0.05) is 23.2 Å². The highest BCUT2D eigenvalue weighted by Crippen LogP contribution is 2.23. The number of furan rings is 1. The number of benzene rings is 2. The van der Waals surface area contributed by atoms with Gasteiger partial charge >= 0.3 is 5.97 Å². The van der Waals surface area contributed by atoms with E-state index >= 15 is 0 Å². The van der Waals surface area contributed by atoms with Gasteiger partial charge in [0.15, 0.2) is 6.10 Å². The Morgan fingerprint density at radius 1 is 1.21 bits per heavy atom. The van der Waals surface area contributed by atoms with Gasteiger partial charge in [-0.1, -0.05) is 30.3 Å². The first-order valence-electron chi connectivity index (χ1n) is 9.39. The van der Waals surface area contributed by atoms with Crippen LogP contribution >= 0.6 is 0 Å². The molecule has 1 aromatic heterocycles. The van der Waals surface area contributed by atoms with Crippen LogP contribution in [0.5, 0.6) is 0 Å². The van der Waals surface area contributed by atoms with Crippen molar-refractivity contribution < 1.29 is 18.7 Å². The second-order valence-electron chi connectivity index (χ2n) is 6.80. The molecule has 6 heteroatoms. The maximum absolute atomic E-state index is 12.9. The van der Waals surface area contributed by atoms with Crippen LogP contribution in [0.3, 0.4) is 0 Å². The molecule has 148 valence electrons. The third kappa shape index (κ3) is 4.82. The monoisotopic (exact) mass is 390 g/mol. The number of hydrogen-bond acceptors (Lipinski definition) is 5. The Labute approximate surface area is 169 Å². The first kappa shape index (κ1) is 20.2. The summed E-state index contributed by atoms with van der Waals surface area (Å²) in [7, 11) is 0. The molecule has 6 nitrogen and oxygen atoms in total. The van der Waals surface area contributed by atoms with Crippen LogP contribution in [0.2, 0.25) is 0 Å². The second-order valence-corrected chi connectivity index (χ2v) is 6.80. The van der Waals surface area contributed by atoms with E-state index in [0.717, 1.165) is 10.9 Å². The molecule has 0 saturated carbocycles. The van der Waals surface area contributed by atoms with Gasteiger partial charge in [-0.05, 0) is 37.6 Å². The Hall–Kier alpha value is -3.59. The van der Waals surface area contributed by atoms with Crippen LogP contribution in [0.15, 0.2) is 59.2 Å². The highest BCUT2D eigenvalue weighted by molar-refractivity contribution is 5.97. The number of rotatable bonds is 7. The summed E-state index contributed by atoms with van der Waals surface area (Å²) in [5.74, 6) is -0.880. The van der Waals surface area contributed by atoms with Crippen molar-refractivity contribution in [3.63, 3.8) is 0 Å². The summed E-state index contributed by atoms with van der Waals surface area (Å²) < 4.78 is 10.9. The molecule has 29 heavy (non-hydrogen) atoms. The number of esters is 1. The number of nitrogens with zero attached hydrogens (tertiary/aromatic N) is 2. The number of nitriles is 1. The lowest BCUT2D eigenvalue weighted by Crippen LogP contribution is -2.40. The first-order chi connectivity index (χ1) is 14.0. The van der Waals surface area contributed by atoms with Gasteiger partial charge in [0.2, 0.25) is 0 Å². The van der Waals surface area contributed by atoms with E-state index in [0.29, 0.717) is 16.8 Å². The summed E-state index contributed by atoms with van der Waals surface area (Å²) in [5.41, 5.74) is 3.16. The molecule has 1 amide bonds. The van der Waals surface area contributed by atoms with Crippen LogP contribution in [-0.2, 0) is 20.7 Å². The van der Waals surface area contributed by atoms with E-state index in [1.807, 2.05) is 49.4 Å². The van der Waals surface area contributed by atoms with Crippen molar-refractivity contribution in [2.24, 2.45) is 0 Å². The molecule has 0 radical (unpaired) electrons. The zero-order valence-corrected chi connectivity index (χ0v) is 16.4. The van der Waals surface area contributed by atoms with Crippen LogP contribution in [0, 0.1) is 18.3 Å². The minimum atomic E-state index is -0.971. The van der Waals surface area contributed by atoms with Gasteiger partial charge in [0.1, 0.15) is 5.58 Å². The number of fused-ring (bicyclic) bond motifs is 1. The molecule has 0 N–H and O–H groups in total. The van der Waals surface area contributed by atoms with E-state index in [9.17, 15) is 9.59 Å². The summed E-state index contributed by atoms with van der Waals surface area (Å²) in [4.78, 5) is 26.7. The number of carbonyl (C=O) groups is 2. The number of amides is 1. The normalized spacial score (nSPS) is 11.6. The Balaban J connectivity index is 1.68. The number of anilines is 1. The third-order valence-corrected chi connectivity index (χ3v) is 4.58. The minimum Gasteiger partial charge on any atom is -0.464 e. The number of para-hydroxylation sites is 1. The Kier molecular flexibility index (Phi) is 6.30. The van der Waals surface area contributed by atoms with Crippen molar-refractivity contribution in [2.75, 3.05) is 11.4 Å². The van der Waals surface area contributed by atoms with E-state index in [-0.39, 0.29) is 25.3 Å². The third-order valence-electron chi connectivity index (χ3n) is 4.58. The molecule has 1 atom stereocenters. The molecule has 1 heterocycles. The van der Waals surface area contributed by atoms with E-state index in [1.165, 1.54) is 4.90 Å². The Bertz CT molecular complexity index is 1050. The summed E-state index contributed by atoms with van der Waals surface area (Å²) in [5, 5.41) is 9.75. The Morgan fingerprint density at radius 2 is 1.97 bits per heavy atom. The van der Waals surface area contributed by atoms with Gasteiger partial charge in [-0.3, -0.25) is 9.59 Å². The molecule has 0 aliphatic heterocycles. The van der Waals surface area contributed by atoms with Crippen molar-refractivity contribution in [3.8, 4) is 6.07 Å². The quantitative estimate of drug-likeness (QED) is 0.566. The summed E-state index contributed by atoms with van der Waals surface area (Å²) in [6.45, 7) is 3.74. The number of carbonyl (C=O) groups excluding carboxylic acids is 2. The molecule has 3 rings (SSSR count). The van der Waals surface area contributed by atoms with Gasteiger partial charge in [-0.2, -0.15) is 5.26 Å². The molecule has 2 aromatic carbocycles. The maximum Gasteiger partial charge on any atom is 0.311 e. The predicted octanol–water partition coefficient (Wildman–Crippen LogP) is 4.16. The molecule has 0 aliphatic carbocycles. The molecule has 3 aromatic rings. The van der Waals surface area contributed by atoms with Gasteiger partial charge < -0.3 is 14.1 Å². The fourth-order valence-corrected chi connectivity index (χ4v) is 3.13. The van der Waals surface area contributed by atoms with Gasteiger partial charge in [-0.25, -0.2) is 0 Å². The average Bonchev–Trinajstić information content (AvgIpc) is 3.10. The fraction of sp³-hybridized carbons (Fsp3) is 0.261. The number of hydrogen-bond donors (Lipinski definition) is 0. The smallest absolute Gasteiger partial charge is 0.311 e. The van der Waals surface area contributed by atoms with E-state index < -0.39 is 12.1 Å². The molecule has 0 spiro atoms. The zero-order chi connectivity index (χ0) is 20.8. The summed E-state index contributed by atoms with van der Waals surface area (Å²) in [6.07, 6.45) is 0.766. The molecule has 0 bridgehead atoms. The average molecular weight is 390 g/mol. The highest BCUT2D eigenvalue weighted by atomic mass is 16.5. The molecule has 0 unspecified atom stereocenters. The van der Waals surface area contributed by atoms with Crippen LogP contribution in [0.25, 0.3) is 11.0 Å². The number of aryl methyl sites for hydroxylation is 1. The van der Waals surface area contributed by atoms with Crippen molar-refractivity contribution in [3.05, 3.63) is 65.9 Å². The maximum atomic E-state index is 12.9. The lowest BCUT2D eigenvalue weighted by molar-refractivity contribution is -0.153. The van der Waals surface area contributed by atoms with Crippen LogP contribution < -0.4 is 4.90 Å². The molecule has 0 fully saturated rings. The van der Waals surface area contributed by atoms with Crippen molar-refractivity contribution in [1.29, 1.82) is 5.26 Å². The molecule has 0 aliphatic rings. The standard InChI is InChI=1S/C23H22N2O4/c1-16-9-10-20-18(15-28-21(20)13-16)14-22(26)29-17(2)23(27)25(12-6-11-24)19-7-4-3-5-8-19/h3-5,7-10,13,15,17H,6,12,14H2,1-2H3/t17-/m1/s1. The SMILES string of the molecule is Cc1ccc2c(CC(=O)O[C@H](C)C(=O)N(CCC#N)c3ccccc3)coc2c1. The van der Waals surface area contributed by atoms with Crippen molar-refractivity contribution in [1.82, 2.24) is 0 Å². The van der Waals surface area contributed by atoms with Crippen LogP contribution in [0.1, 0.15) is 24.5 Å². The van der Waals surface area contributed by atoms with Gasteiger partial charge in [-0.15, -0.1) is 0 Å². The van der Waals surface area contributed by atoms with Crippen LogP contribution in [-0.4, -0.2) is 24.5 Å². The van der Waals surface area contributed by atoms with E-state index in [4.69, 9.17) is 14.4 Å². The minimum absolute atomic E-state index is 0.0111. The van der Waals surface area contributed by atoms with E-state index in [1.54, 1.807) is 25.3 Å². The van der Waals surface area contributed by atoms with Crippen molar-refractivity contribution in [2.45, 2.75) is 32.8 Å². The second kappa shape index (κ2) is 9.07. The predicted molar refractivity (Wildman–Crippen MR) is 109 cm³/mol. The van der Waals surface area contributed by atoms with Crippen molar-refractivity contribution >= 4 is 28.5 Å². The Morgan fingerprint density at radius 3 is 2.69 bits per heavy atom. The first-order valence-corrected chi connectivity index (χ1v) is 9.39. The lowest BCUT2D eigenvalue weighted by Gasteiger charge is -2.25. The largest absolute Gasteiger partial charge is 0.464 e. The number of ether oxygens (including phenoxy) is 1. The highest BCUT2D eigenvalue weighted by Gasteiger charge is 2.25. The van der Waals surface area contributed by atoms with Gasteiger partial charge in [0.25, 0.3) is 5.91 Å². The fourth-order valence-electron chi connectivity index (χ4n) is 3.13. The van der Waals surface area contributed by atoms with Crippen LogP contribution in [0.4, 0.5) is 5.69 Å². The topological polar surface area (TPSA) is 83.5 Å². The zero-order valence-electron chi connectivity index (χ0n) is 16.4. The van der Waals surface area contributed by atoms with E-state index in [2.05, 4.69) is 0 Å². The molecular formula is C23H22N2O4. The summed E-state index contributed by atoms with van der Waals surface area (Å²) >= 11 is 0. The van der Waals surface area contributed by atoms with Gasteiger partial charge in [0.05, 0.1) is 25.2 Å².